The Bertz CT molecular complexity index is 5980. The second-order valence-electron chi connectivity index (χ2n) is 25.7. The SMILES string of the molecule is C=CC(=O)Nc1cc(Cl)cc(NC(=O)c2cnn(-c3ccc(OC)cc3)c2C(F)(F)F)c1.C=CC(=O)Nc1cccc(NC(=O)c2cnn(-c3ccc(OC)cc3)c2C(F)(F)F)c1.CCC(=O)Nc1cc(Cl)cc(NC(=O)c2cnn(-c3ccc(OC)cc3)c2C(F)(F)F)c1.CCC(=O)Nc1cccc(NC(=O)c2cnn(-c3ccc(OC)cc3)c2C(F)(F)F)c1. The summed E-state index contributed by atoms with van der Waals surface area (Å²) < 4.78 is 188. The summed E-state index contributed by atoms with van der Waals surface area (Å²) in [5.41, 5.74) is -5.24. The zero-order valence-corrected chi connectivity index (χ0v) is 67.9. The molecule has 0 saturated heterocycles. The van der Waals surface area contributed by atoms with Gasteiger partial charge in [-0.25, -0.2) is 18.7 Å². The molecular formula is C84H70Cl2F12N16O12. The lowest BCUT2D eigenvalue weighted by Crippen LogP contribution is -2.21. The molecular weight excluding hydrogens is 1720 g/mol. The minimum Gasteiger partial charge on any atom is -0.497 e. The number of nitrogens with zero attached hydrogens (tertiary/aromatic N) is 8. The highest BCUT2D eigenvalue weighted by molar-refractivity contribution is 6.32. The third-order valence-corrected chi connectivity index (χ3v) is 17.5. The number of benzene rings is 8. The lowest BCUT2D eigenvalue weighted by atomic mass is 10.2. The first-order chi connectivity index (χ1) is 59.7. The van der Waals surface area contributed by atoms with E-state index in [9.17, 15) is 91.0 Å². The van der Waals surface area contributed by atoms with Crippen LogP contribution in [0, 0.1) is 0 Å². The van der Waals surface area contributed by atoms with E-state index in [0.717, 1.165) is 36.9 Å². The predicted molar refractivity (Wildman–Crippen MR) is 444 cm³/mol. The summed E-state index contributed by atoms with van der Waals surface area (Å²) in [7, 11) is 5.73. The fraction of sp³-hybridized carbons (Fsp3) is 0.143. The molecule has 42 heteroatoms. The third-order valence-electron chi connectivity index (χ3n) is 17.1. The van der Waals surface area contributed by atoms with E-state index in [4.69, 9.17) is 42.1 Å². The van der Waals surface area contributed by atoms with Crippen LogP contribution in [0.2, 0.25) is 10.0 Å². The van der Waals surface area contributed by atoms with Gasteiger partial charge in [0.05, 0.1) is 98.2 Å². The molecule has 8 N–H and O–H groups in total. The number of rotatable bonds is 24. The molecule has 8 amide bonds. The van der Waals surface area contributed by atoms with Crippen LogP contribution in [0.25, 0.3) is 22.7 Å². The highest BCUT2D eigenvalue weighted by Crippen LogP contribution is 2.40. The van der Waals surface area contributed by atoms with Crippen LogP contribution in [0.1, 0.15) is 90.9 Å². The number of hydrogen-bond donors (Lipinski definition) is 8. The van der Waals surface area contributed by atoms with Gasteiger partial charge in [0.2, 0.25) is 23.6 Å². The first-order valence-electron chi connectivity index (χ1n) is 36.4. The van der Waals surface area contributed by atoms with Crippen molar-refractivity contribution in [1.82, 2.24) is 39.1 Å². The average molecular weight is 1790 g/mol. The van der Waals surface area contributed by atoms with Crippen molar-refractivity contribution in [1.29, 1.82) is 0 Å². The summed E-state index contributed by atoms with van der Waals surface area (Å²) in [6.45, 7) is 9.99. The van der Waals surface area contributed by atoms with E-state index in [0.29, 0.717) is 58.8 Å². The maximum Gasteiger partial charge on any atom is 0.434 e. The third kappa shape index (κ3) is 25.0. The Labute approximate surface area is 717 Å². The van der Waals surface area contributed by atoms with Crippen LogP contribution >= 0.6 is 23.2 Å². The van der Waals surface area contributed by atoms with Crippen LogP contribution < -0.4 is 61.5 Å². The summed E-state index contributed by atoms with van der Waals surface area (Å²) in [5, 5.41) is 35.1. The molecule has 126 heavy (non-hydrogen) atoms. The lowest BCUT2D eigenvalue weighted by molar-refractivity contribution is -0.143. The number of aromatic nitrogens is 8. The zero-order valence-electron chi connectivity index (χ0n) is 66.4. The van der Waals surface area contributed by atoms with Crippen molar-refractivity contribution in [3.8, 4) is 45.7 Å². The molecule has 0 spiro atoms. The topological polar surface area (TPSA) is 341 Å². The number of hydrogen-bond acceptors (Lipinski definition) is 16. The van der Waals surface area contributed by atoms with Gasteiger partial charge in [-0.1, -0.05) is 62.3 Å². The second kappa shape index (κ2) is 41.6. The Morgan fingerprint density at radius 3 is 0.770 bits per heavy atom. The zero-order chi connectivity index (χ0) is 92.1. The number of methoxy groups -OCH3 is 4. The average Bonchev–Trinajstić information content (AvgIpc) is 1.64. The molecule has 0 aliphatic rings. The fourth-order valence-electron chi connectivity index (χ4n) is 11.3. The second-order valence-corrected chi connectivity index (χ2v) is 26.6. The summed E-state index contributed by atoms with van der Waals surface area (Å²) in [4.78, 5) is 96.7. The van der Waals surface area contributed by atoms with Crippen LogP contribution in [0.5, 0.6) is 23.0 Å². The molecule has 656 valence electrons. The molecule has 0 atom stereocenters. The maximum absolute atomic E-state index is 13.8. The molecule has 28 nitrogen and oxygen atoms in total. The van der Waals surface area contributed by atoms with E-state index in [1.54, 1.807) is 32.0 Å². The molecule has 8 aromatic carbocycles. The van der Waals surface area contributed by atoms with Gasteiger partial charge in [-0.15, -0.1) is 0 Å². The molecule has 0 bridgehead atoms. The van der Waals surface area contributed by atoms with Gasteiger partial charge >= 0.3 is 24.7 Å². The van der Waals surface area contributed by atoms with Crippen LogP contribution in [0.3, 0.4) is 0 Å². The van der Waals surface area contributed by atoms with Crippen molar-refractivity contribution in [2.24, 2.45) is 0 Å². The minimum atomic E-state index is -4.87. The van der Waals surface area contributed by atoms with E-state index in [2.05, 4.69) is 76.1 Å². The monoisotopic (exact) mass is 1790 g/mol. The van der Waals surface area contributed by atoms with Crippen LogP contribution in [-0.2, 0) is 43.9 Å². The van der Waals surface area contributed by atoms with Gasteiger partial charge in [0.25, 0.3) is 23.6 Å². The first-order valence-corrected chi connectivity index (χ1v) is 37.2. The Balaban J connectivity index is 0.000000190. The van der Waals surface area contributed by atoms with Crippen molar-refractivity contribution >= 4 is 116 Å². The number of carbonyl (C=O) groups is 8. The lowest BCUT2D eigenvalue weighted by Gasteiger charge is -2.14. The van der Waals surface area contributed by atoms with Gasteiger partial charge in [-0.2, -0.15) is 73.1 Å². The number of halogens is 14. The number of amides is 8. The summed E-state index contributed by atoms with van der Waals surface area (Å²) in [6, 6.07) is 43.4. The Kier molecular flexibility index (Phi) is 31.2. The molecule has 4 aromatic heterocycles. The molecule has 0 saturated carbocycles. The van der Waals surface area contributed by atoms with Gasteiger partial charge < -0.3 is 61.5 Å². The normalized spacial score (nSPS) is 11.1. The number of carbonyl (C=O) groups excluding carboxylic acids is 8. The van der Waals surface area contributed by atoms with Crippen molar-refractivity contribution in [2.75, 3.05) is 71.0 Å². The van der Waals surface area contributed by atoms with E-state index in [1.807, 2.05) is 0 Å². The fourth-order valence-corrected chi connectivity index (χ4v) is 11.8. The smallest absolute Gasteiger partial charge is 0.434 e. The van der Waals surface area contributed by atoms with Crippen LogP contribution in [0.4, 0.5) is 98.2 Å². The van der Waals surface area contributed by atoms with Gasteiger partial charge in [0.1, 0.15) is 23.0 Å². The van der Waals surface area contributed by atoms with E-state index < -0.39 is 105 Å². The van der Waals surface area contributed by atoms with Crippen molar-refractivity contribution in [3.05, 3.63) is 287 Å². The molecule has 12 aromatic rings. The molecule has 4 heterocycles. The standard InChI is InChI=1S/C21H18ClF3N4O3.C21H16ClF3N4O3.C21H19F3N4O3.C21H17F3N4O3/c2*1-3-18(30)27-13-8-12(22)9-14(10-13)28-20(31)17-11-26-29(19(17)21(23,24)25)15-4-6-16(32-2)7-5-15;2*1-3-18(29)26-13-5-4-6-14(11-13)27-20(30)17-12-25-28(19(17)21(22,23)24)15-7-9-16(31-2)10-8-15/h4-11H,3H2,1-2H3,(H,27,30)(H,28,31);3-11H,1H2,2H3,(H,27,30)(H,28,31);4-12H,3H2,1-2H3,(H,26,29)(H,27,30);3-12H,1H2,2H3,(H,26,29)(H,27,30). The highest BCUT2D eigenvalue weighted by atomic mass is 35.5. The van der Waals surface area contributed by atoms with Crippen LogP contribution in [0.15, 0.2) is 232 Å². The maximum atomic E-state index is 13.8. The van der Waals surface area contributed by atoms with Crippen molar-refractivity contribution in [2.45, 2.75) is 51.4 Å². The first kappa shape index (κ1) is 94.6. The minimum absolute atomic E-state index is 0.0761. The highest BCUT2D eigenvalue weighted by Gasteiger charge is 2.44. The summed E-state index contributed by atoms with van der Waals surface area (Å²) >= 11 is 12.0. The van der Waals surface area contributed by atoms with E-state index >= 15 is 0 Å². The molecule has 0 fully saturated rings. The van der Waals surface area contributed by atoms with Gasteiger partial charge in [-0.05, 0) is 182 Å². The Morgan fingerprint density at radius 1 is 0.325 bits per heavy atom. The quantitative estimate of drug-likeness (QED) is 0.0206. The predicted octanol–water partition coefficient (Wildman–Crippen LogP) is 18.9. The largest absolute Gasteiger partial charge is 0.497 e. The van der Waals surface area contributed by atoms with Gasteiger partial charge in [0, 0.05) is 68.4 Å². The summed E-state index contributed by atoms with van der Waals surface area (Å²) in [6.07, 6.45) is -13.5. The molecule has 12 rings (SSSR count). The van der Waals surface area contributed by atoms with Gasteiger partial charge in [-0.3, -0.25) is 38.4 Å². The van der Waals surface area contributed by atoms with Gasteiger partial charge in [0.15, 0.2) is 22.8 Å². The number of alkyl halides is 12. The van der Waals surface area contributed by atoms with Crippen molar-refractivity contribution < 1.29 is 110 Å². The Hall–Kier alpha value is -15.2. The number of nitrogens with one attached hydrogen (secondary N) is 8. The van der Waals surface area contributed by atoms with E-state index in [1.165, 1.54) is 192 Å². The Morgan fingerprint density at radius 2 is 0.532 bits per heavy atom. The number of ether oxygens (including phenoxy) is 4. The molecule has 0 aliphatic carbocycles. The molecule has 0 unspecified atom stereocenters. The summed E-state index contributed by atoms with van der Waals surface area (Å²) in [5.74, 6) is -3.74. The van der Waals surface area contributed by atoms with E-state index in [-0.39, 0.29) is 85.9 Å². The van der Waals surface area contributed by atoms with Crippen molar-refractivity contribution in [3.63, 3.8) is 0 Å². The van der Waals surface area contributed by atoms with Crippen LogP contribution in [-0.4, -0.2) is 115 Å². The number of anilines is 8. The molecule has 0 radical (unpaired) electrons. The molecule has 0 aliphatic heterocycles.